The summed E-state index contributed by atoms with van der Waals surface area (Å²) in [6.45, 7) is 4.62. The molecule has 188 valence electrons. The molecule has 0 bridgehead atoms. The predicted octanol–water partition coefficient (Wildman–Crippen LogP) is 6.48. The molecule has 2 aromatic carbocycles. The second-order valence-corrected chi connectivity index (χ2v) is 9.78. The van der Waals surface area contributed by atoms with Crippen molar-refractivity contribution in [3.8, 4) is 11.3 Å². The molecule has 0 aliphatic carbocycles. The van der Waals surface area contributed by atoms with Gasteiger partial charge in [0.15, 0.2) is 5.82 Å². The van der Waals surface area contributed by atoms with E-state index < -0.39 is 6.85 Å². The average molecular weight is 499 g/mol. The third-order valence-electron chi connectivity index (χ3n) is 7.43. The molecule has 0 saturated carbocycles. The molecule has 1 aliphatic rings. The van der Waals surface area contributed by atoms with Crippen LogP contribution in [-0.2, 0) is 11.8 Å². The molecule has 1 fully saturated rings. The highest BCUT2D eigenvalue weighted by atomic mass is 19.1. The molecule has 1 aliphatic heterocycles. The zero-order valence-corrected chi connectivity index (χ0v) is 20.9. The highest BCUT2D eigenvalue weighted by Gasteiger charge is 2.31. The summed E-state index contributed by atoms with van der Waals surface area (Å²) in [5, 5.41) is 8.63. The van der Waals surface area contributed by atoms with Crippen molar-refractivity contribution in [3.63, 3.8) is 0 Å². The first kappa shape index (κ1) is 20.2. The lowest BCUT2D eigenvalue weighted by atomic mass is 9.86. The van der Waals surface area contributed by atoms with Gasteiger partial charge < -0.3 is 9.30 Å². The first-order valence-corrected chi connectivity index (χ1v) is 12.5. The van der Waals surface area contributed by atoms with E-state index in [1.54, 1.807) is 26.2 Å². The molecule has 4 heterocycles. The number of halogens is 1. The third-order valence-corrected chi connectivity index (χ3v) is 7.43. The van der Waals surface area contributed by atoms with Gasteiger partial charge in [-0.05, 0) is 55.8 Å². The van der Waals surface area contributed by atoms with Crippen LogP contribution in [0.5, 0.6) is 0 Å². The molecule has 3 aromatic heterocycles. The fourth-order valence-electron chi connectivity index (χ4n) is 5.70. The first-order valence-electron chi connectivity index (χ1n) is 14.0. The van der Waals surface area contributed by atoms with Crippen LogP contribution in [0.15, 0.2) is 61.3 Å². The summed E-state index contributed by atoms with van der Waals surface area (Å²) in [6.07, 6.45) is 3.27. The van der Waals surface area contributed by atoms with E-state index in [2.05, 4.69) is 33.6 Å². The predicted molar refractivity (Wildman–Crippen MR) is 145 cm³/mol. The molecule has 37 heavy (non-hydrogen) atoms. The van der Waals surface area contributed by atoms with Gasteiger partial charge in [0.25, 0.3) is 0 Å². The Labute approximate surface area is 219 Å². The number of benzene rings is 2. The van der Waals surface area contributed by atoms with Gasteiger partial charge in [0.05, 0.1) is 34.0 Å². The van der Waals surface area contributed by atoms with E-state index in [-0.39, 0.29) is 23.5 Å². The highest BCUT2D eigenvalue weighted by Crippen LogP contribution is 2.42. The molecule has 7 heteroatoms. The summed E-state index contributed by atoms with van der Waals surface area (Å²) < 4.78 is 49.7. The van der Waals surface area contributed by atoms with Crippen LogP contribution in [0, 0.1) is 18.6 Å². The molecule has 1 atom stereocenters. The summed E-state index contributed by atoms with van der Waals surface area (Å²) in [7, 11) is 1.66. The molecular formula is C30H30FN5O. The van der Waals surface area contributed by atoms with Gasteiger partial charge in [-0.15, -0.1) is 5.10 Å². The molecule has 0 unspecified atom stereocenters. The monoisotopic (exact) mass is 498 g/mol. The van der Waals surface area contributed by atoms with Gasteiger partial charge in [0, 0.05) is 47.1 Å². The summed E-state index contributed by atoms with van der Waals surface area (Å²) >= 11 is 0. The van der Waals surface area contributed by atoms with Crippen molar-refractivity contribution in [2.24, 2.45) is 13.0 Å². The number of allylic oxidation sites excluding steroid dienone is 1. The Kier molecular flexibility index (Phi) is 5.05. The van der Waals surface area contributed by atoms with Crippen molar-refractivity contribution in [2.75, 3.05) is 13.2 Å². The van der Waals surface area contributed by atoms with Crippen LogP contribution >= 0.6 is 0 Å². The molecule has 1 saturated heterocycles. The van der Waals surface area contributed by atoms with E-state index in [1.807, 2.05) is 30.3 Å². The largest absolute Gasteiger partial charge is 0.381 e. The van der Waals surface area contributed by atoms with E-state index in [1.165, 1.54) is 4.68 Å². The van der Waals surface area contributed by atoms with Crippen molar-refractivity contribution < 1.29 is 13.2 Å². The van der Waals surface area contributed by atoms with Crippen molar-refractivity contribution in [2.45, 2.75) is 32.7 Å². The van der Waals surface area contributed by atoms with Crippen LogP contribution in [0.2, 0.25) is 0 Å². The Morgan fingerprint density at radius 3 is 2.70 bits per heavy atom. The number of aryl methyl sites for hydroxylation is 2. The summed E-state index contributed by atoms with van der Waals surface area (Å²) in [4.78, 5) is 4.80. The second-order valence-electron chi connectivity index (χ2n) is 9.78. The Morgan fingerprint density at radius 2 is 1.97 bits per heavy atom. The van der Waals surface area contributed by atoms with Gasteiger partial charge >= 0.3 is 0 Å². The minimum absolute atomic E-state index is 0.0985. The lowest BCUT2D eigenvalue weighted by Gasteiger charge is -2.33. The number of rotatable bonds is 5. The number of hydrogen-bond donors (Lipinski definition) is 0. The summed E-state index contributed by atoms with van der Waals surface area (Å²) in [6, 6.07) is 15.5. The molecule has 6 rings (SSSR count). The molecular weight excluding hydrogens is 465 g/mol. The van der Waals surface area contributed by atoms with Gasteiger partial charge in [-0.25, -0.2) is 9.07 Å². The number of hydrogen-bond acceptors (Lipinski definition) is 4. The van der Waals surface area contributed by atoms with Gasteiger partial charge in [0.1, 0.15) is 0 Å². The highest BCUT2D eigenvalue weighted by molar-refractivity contribution is 6.07. The minimum Gasteiger partial charge on any atom is -0.381 e. The molecule has 5 aromatic rings. The zero-order valence-electron chi connectivity index (χ0n) is 23.9. The van der Waals surface area contributed by atoms with E-state index in [9.17, 15) is 0 Å². The Balaban J connectivity index is 1.72. The lowest BCUT2D eigenvalue weighted by molar-refractivity contribution is 0.0552. The second kappa shape index (κ2) is 9.23. The SMILES string of the molecule is [2H]C([2H])([2H])c1nnn(C)c1-c1cnc2c3ccc(C(=C)C)c(F)c3n([C@H](c3ccccc3)C3CCOCC3)c2c1. The Hall–Kier alpha value is -3.84. The average Bonchev–Trinajstić information content (AvgIpc) is 3.49. The number of ether oxygens (including phenoxy) is 1. The van der Waals surface area contributed by atoms with E-state index in [0.717, 1.165) is 18.4 Å². The van der Waals surface area contributed by atoms with Crippen molar-refractivity contribution in [1.29, 1.82) is 0 Å². The molecule has 6 nitrogen and oxygen atoms in total. The normalized spacial score (nSPS) is 17.0. The lowest BCUT2D eigenvalue weighted by Crippen LogP contribution is -2.27. The van der Waals surface area contributed by atoms with Gasteiger partial charge in [-0.1, -0.05) is 48.2 Å². The van der Waals surface area contributed by atoms with Gasteiger partial charge in [0.2, 0.25) is 0 Å². The topological polar surface area (TPSA) is 57.8 Å². The Bertz CT molecular complexity index is 1740. The zero-order chi connectivity index (χ0) is 28.2. The number of aromatic nitrogens is 5. The summed E-state index contributed by atoms with van der Waals surface area (Å²) in [5.41, 5.74) is 4.77. The maximum atomic E-state index is 16.5. The van der Waals surface area contributed by atoms with Gasteiger partial charge in [-0.3, -0.25) is 4.98 Å². The molecule has 0 amide bonds. The first-order chi connectivity index (χ1) is 19.2. The van der Waals surface area contributed by atoms with Crippen LogP contribution < -0.4 is 0 Å². The molecule has 0 radical (unpaired) electrons. The summed E-state index contributed by atoms with van der Waals surface area (Å²) in [5.74, 6) is -0.161. The molecule has 0 N–H and O–H groups in total. The Morgan fingerprint density at radius 1 is 1.19 bits per heavy atom. The van der Waals surface area contributed by atoms with Crippen LogP contribution in [0.3, 0.4) is 0 Å². The van der Waals surface area contributed by atoms with Crippen molar-refractivity contribution >= 4 is 27.5 Å². The van der Waals surface area contributed by atoms with Crippen molar-refractivity contribution in [3.05, 3.63) is 83.9 Å². The quantitative estimate of drug-likeness (QED) is 0.278. The van der Waals surface area contributed by atoms with Crippen LogP contribution in [-0.4, -0.2) is 37.8 Å². The third kappa shape index (κ3) is 3.85. The minimum atomic E-state index is -2.46. The van der Waals surface area contributed by atoms with Crippen LogP contribution in [0.25, 0.3) is 38.8 Å². The fourth-order valence-corrected chi connectivity index (χ4v) is 5.70. The smallest absolute Gasteiger partial charge is 0.155 e. The molecule has 0 spiro atoms. The standard InChI is InChI=1S/C30H30FN5O/c1-18(2)23-10-11-24-27-25(16-22(17-32-27)28-19(3)33-34-35(28)4)36(30(24)26(23)31)29(20-8-6-5-7-9-20)21-12-14-37-15-13-21/h5-11,16-17,21,29H,1,12-15H2,2-4H3/t29-/m1/s1/i3D3. The number of fused-ring (bicyclic) bond motifs is 3. The van der Waals surface area contributed by atoms with Crippen LogP contribution in [0.4, 0.5) is 4.39 Å². The van der Waals surface area contributed by atoms with E-state index in [0.29, 0.717) is 57.5 Å². The maximum absolute atomic E-state index is 16.5. The fraction of sp³-hybridized carbons (Fsp3) is 0.300. The van der Waals surface area contributed by atoms with Gasteiger partial charge in [-0.2, -0.15) is 0 Å². The number of nitrogens with zero attached hydrogens (tertiary/aromatic N) is 5. The van der Waals surface area contributed by atoms with E-state index >= 15 is 4.39 Å². The maximum Gasteiger partial charge on any atom is 0.155 e. The van der Waals surface area contributed by atoms with E-state index in [4.69, 9.17) is 13.8 Å². The van der Waals surface area contributed by atoms with Crippen LogP contribution in [0.1, 0.15) is 46.7 Å². The number of pyridine rings is 1. The van der Waals surface area contributed by atoms with Crippen molar-refractivity contribution in [1.82, 2.24) is 24.5 Å².